The van der Waals surface area contributed by atoms with E-state index in [1.54, 1.807) is 7.05 Å². The molecular formula is C13H16Cl3NO2S. The first-order chi connectivity index (χ1) is 9.34. The summed E-state index contributed by atoms with van der Waals surface area (Å²) < 4.78 is 26.6. The SMILES string of the molecule is CN(C1CCCCC1Cl)S(=O)(=O)c1ccc(Cl)c(Cl)c1. The molecule has 0 amide bonds. The molecule has 0 heterocycles. The number of hydrogen-bond donors (Lipinski definition) is 0. The minimum absolute atomic E-state index is 0.142. The van der Waals surface area contributed by atoms with Crippen molar-refractivity contribution >= 4 is 44.8 Å². The summed E-state index contributed by atoms with van der Waals surface area (Å²) in [5.41, 5.74) is 0. The number of nitrogens with zero attached hydrogens (tertiary/aromatic N) is 1. The second-order valence-electron chi connectivity index (χ2n) is 4.96. The number of benzene rings is 1. The van der Waals surface area contributed by atoms with Gasteiger partial charge >= 0.3 is 0 Å². The lowest BCUT2D eigenvalue weighted by Crippen LogP contribution is -2.44. The lowest BCUT2D eigenvalue weighted by Gasteiger charge is -2.34. The highest BCUT2D eigenvalue weighted by Crippen LogP contribution is 2.31. The normalized spacial score (nSPS) is 24.1. The number of halogens is 3. The molecule has 2 atom stereocenters. The number of alkyl halides is 1. The molecule has 1 aromatic rings. The monoisotopic (exact) mass is 355 g/mol. The summed E-state index contributed by atoms with van der Waals surface area (Å²) in [6.07, 6.45) is 3.67. The van der Waals surface area contributed by atoms with Crippen LogP contribution in [0.25, 0.3) is 0 Å². The van der Waals surface area contributed by atoms with Gasteiger partial charge in [0.1, 0.15) is 0 Å². The van der Waals surface area contributed by atoms with Crippen molar-refractivity contribution in [3.8, 4) is 0 Å². The van der Waals surface area contributed by atoms with Gasteiger partial charge in [-0.25, -0.2) is 8.42 Å². The largest absolute Gasteiger partial charge is 0.243 e. The third-order valence-corrected chi connectivity index (χ3v) is 6.81. The predicted molar refractivity (Wildman–Crippen MR) is 83.3 cm³/mol. The van der Waals surface area contributed by atoms with E-state index in [-0.39, 0.29) is 21.3 Å². The van der Waals surface area contributed by atoms with E-state index >= 15 is 0 Å². The second-order valence-corrected chi connectivity index (χ2v) is 8.34. The van der Waals surface area contributed by atoms with Gasteiger partial charge < -0.3 is 0 Å². The molecular weight excluding hydrogens is 341 g/mol. The lowest BCUT2D eigenvalue weighted by molar-refractivity contribution is 0.291. The van der Waals surface area contributed by atoms with Crippen LogP contribution in [0, 0.1) is 0 Å². The van der Waals surface area contributed by atoms with Crippen LogP contribution in [-0.2, 0) is 10.0 Å². The van der Waals surface area contributed by atoms with E-state index in [0.29, 0.717) is 5.02 Å². The van der Waals surface area contributed by atoms with Crippen LogP contribution in [0.4, 0.5) is 0 Å². The Kier molecular flexibility index (Phi) is 5.24. The van der Waals surface area contributed by atoms with Crippen LogP contribution in [0.2, 0.25) is 10.0 Å². The lowest BCUT2D eigenvalue weighted by atomic mass is 9.95. The van der Waals surface area contributed by atoms with Crippen LogP contribution in [0.3, 0.4) is 0 Å². The zero-order valence-corrected chi connectivity index (χ0v) is 14.1. The molecule has 2 rings (SSSR count). The molecule has 2 unspecified atom stereocenters. The molecule has 0 saturated heterocycles. The van der Waals surface area contributed by atoms with Crippen LogP contribution in [0.5, 0.6) is 0 Å². The Labute approximate surface area is 134 Å². The standard InChI is InChI=1S/C13H16Cl3NO2S/c1-17(13-5-3-2-4-11(13)15)20(18,19)9-6-7-10(14)12(16)8-9/h6-8,11,13H,2-5H2,1H3. The molecule has 0 N–H and O–H groups in total. The second kappa shape index (κ2) is 6.41. The first-order valence-electron chi connectivity index (χ1n) is 6.41. The minimum Gasteiger partial charge on any atom is -0.207 e. The third-order valence-electron chi connectivity index (χ3n) is 3.68. The number of rotatable bonds is 3. The Morgan fingerprint density at radius 1 is 1.15 bits per heavy atom. The molecule has 1 fully saturated rings. The van der Waals surface area contributed by atoms with Crippen molar-refractivity contribution in [2.24, 2.45) is 0 Å². The van der Waals surface area contributed by atoms with E-state index in [1.807, 2.05) is 0 Å². The van der Waals surface area contributed by atoms with Crippen molar-refractivity contribution in [1.82, 2.24) is 4.31 Å². The zero-order valence-electron chi connectivity index (χ0n) is 11.0. The molecule has 1 saturated carbocycles. The van der Waals surface area contributed by atoms with Crippen LogP contribution in [0.1, 0.15) is 25.7 Å². The highest BCUT2D eigenvalue weighted by atomic mass is 35.5. The van der Waals surface area contributed by atoms with Gasteiger partial charge in [0.05, 0.1) is 20.3 Å². The number of hydrogen-bond acceptors (Lipinski definition) is 2. The van der Waals surface area contributed by atoms with Crippen LogP contribution in [0.15, 0.2) is 23.1 Å². The molecule has 3 nitrogen and oxygen atoms in total. The fourth-order valence-electron chi connectivity index (χ4n) is 2.46. The van der Waals surface area contributed by atoms with Crippen molar-refractivity contribution in [2.75, 3.05) is 7.05 Å². The van der Waals surface area contributed by atoms with Gasteiger partial charge in [-0.2, -0.15) is 4.31 Å². The van der Waals surface area contributed by atoms with Gasteiger partial charge in [0.2, 0.25) is 10.0 Å². The van der Waals surface area contributed by atoms with Crippen LogP contribution in [-0.4, -0.2) is 31.2 Å². The third kappa shape index (κ3) is 3.25. The van der Waals surface area contributed by atoms with E-state index in [1.165, 1.54) is 22.5 Å². The van der Waals surface area contributed by atoms with E-state index < -0.39 is 10.0 Å². The van der Waals surface area contributed by atoms with Crippen molar-refractivity contribution in [2.45, 2.75) is 42.0 Å². The molecule has 7 heteroatoms. The van der Waals surface area contributed by atoms with Crippen molar-refractivity contribution in [1.29, 1.82) is 0 Å². The molecule has 0 bridgehead atoms. The molecule has 1 aromatic carbocycles. The predicted octanol–water partition coefficient (Wildman–Crippen LogP) is 4.16. The van der Waals surface area contributed by atoms with Gasteiger partial charge in [0.15, 0.2) is 0 Å². The van der Waals surface area contributed by atoms with Gasteiger partial charge in [-0.15, -0.1) is 11.6 Å². The Bertz CT molecular complexity index is 591. The molecule has 0 spiro atoms. The Morgan fingerprint density at radius 3 is 2.40 bits per heavy atom. The first-order valence-corrected chi connectivity index (χ1v) is 9.04. The summed E-state index contributed by atoms with van der Waals surface area (Å²) in [7, 11) is -2.03. The molecule has 20 heavy (non-hydrogen) atoms. The minimum atomic E-state index is -3.60. The van der Waals surface area contributed by atoms with E-state index in [4.69, 9.17) is 34.8 Å². The summed E-state index contributed by atoms with van der Waals surface area (Å²) in [4.78, 5) is 0.142. The van der Waals surface area contributed by atoms with Gasteiger partial charge in [0, 0.05) is 13.1 Å². The first kappa shape index (κ1) is 16.4. The number of sulfonamides is 1. The maximum absolute atomic E-state index is 12.6. The van der Waals surface area contributed by atoms with Gasteiger partial charge in [-0.3, -0.25) is 0 Å². The highest BCUT2D eigenvalue weighted by molar-refractivity contribution is 7.89. The quantitative estimate of drug-likeness (QED) is 0.762. The Balaban J connectivity index is 2.31. The summed E-state index contributed by atoms with van der Waals surface area (Å²) in [6.45, 7) is 0. The van der Waals surface area contributed by atoms with Crippen molar-refractivity contribution < 1.29 is 8.42 Å². The van der Waals surface area contributed by atoms with Gasteiger partial charge in [-0.1, -0.05) is 36.0 Å². The van der Waals surface area contributed by atoms with Crippen LogP contribution >= 0.6 is 34.8 Å². The Hall–Kier alpha value is -0.000000000000000111. The maximum atomic E-state index is 12.6. The van der Waals surface area contributed by atoms with E-state index in [9.17, 15) is 8.42 Å². The fraction of sp³-hybridized carbons (Fsp3) is 0.538. The smallest absolute Gasteiger partial charge is 0.207 e. The molecule has 0 aromatic heterocycles. The summed E-state index contributed by atoms with van der Waals surface area (Å²) in [6, 6.07) is 4.15. The summed E-state index contributed by atoms with van der Waals surface area (Å²) >= 11 is 18.0. The molecule has 1 aliphatic carbocycles. The average Bonchev–Trinajstić information content (AvgIpc) is 2.41. The fourth-order valence-corrected chi connectivity index (χ4v) is 4.78. The van der Waals surface area contributed by atoms with Crippen molar-refractivity contribution in [3.63, 3.8) is 0 Å². The maximum Gasteiger partial charge on any atom is 0.243 e. The average molecular weight is 357 g/mol. The zero-order chi connectivity index (χ0) is 14.9. The van der Waals surface area contributed by atoms with Crippen LogP contribution < -0.4 is 0 Å². The molecule has 1 aliphatic rings. The summed E-state index contributed by atoms with van der Waals surface area (Å²) in [5, 5.41) is 0.416. The van der Waals surface area contributed by atoms with Gasteiger partial charge in [-0.05, 0) is 31.0 Å². The summed E-state index contributed by atoms with van der Waals surface area (Å²) in [5.74, 6) is 0. The highest BCUT2D eigenvalue weighted by Gasteiger charge is 2.34. The molecule has 0 radical (unpaired) electrons. The van der Waals surface area contributed by atoms with E-state index in [0.717, 1.165) is 25.7 Å². The topological polar surface area (TPSA) is 37.4 Å². The Morgan fingerprint density at radius 2 is 1.80 bits per heavy atom. The molecule has 112 valence electrons. The van der Waals surface area contributed by atoms with Crippen molar-refractivity contribution in [3.05, 3.63) is 28.2 Å². The van der Waals surface area contributed by atoms with Gasteiger partial charge in [0.25, 0.3) is 0 Å². The molecule has 0 aliphatic heterocycles. The van der Waals surface area contributed by atoms with E-state index in [2.05, 4.69) is 0 Å².